The first-order chi connectivity index (χ1) is 13.4. The smallest absolute Gasteiger partial charge is 0.231 e. The molecule has 0 spiro atoms. The van der Waals surface area contributed by atoms with Crippen LogP contribution in [-0.4, -0.2) is 42.9 Å². The first-order valence-corrected chi connectivity index (χ1v) is 9.13. The van der Waals surface area contributed by atoms with E-state index in [0.717, 1.165) is 54.6 Å². The third-order valence-corrected chi connectivity index (χ3v) is 5.08. The van der Waals surface area contributed by atoms with Gasteiger partial charge in [-0.2, -0.15) is 0 Å². The van der Waals surface area contributed by atoms with Crippen LogP contribution in [0.4, 0.5) is 11.4 Å². The van der Waals surface area contributed by atoms with Crippen molar-refractivity contribution in [3.63, 3.8) is 0 Å². The molecule has 2 aliphatic heterocycles. The zero-order valence-electron chi connectivity index (χ0n) is 14.9. The van der Waals surface area contributed by atoms with Gasteiger partial charge in [-0.05, 0) is 42.5 Å². The molecule has 0 radical (unpaired) electrons. The van der Waals surface area contributed by atoms with Gasteiger partial charge in [0.25, 0.3) is 0 Å². The number of pyridine rings is 2. The van der Waals surface area contributed by atoms with Gasteiger partial charge < -0.3 is 19.3 Å². The van der Waals surface area contributed by atoms with Crippen molar-refractivity contribution in [3.8, 4) is 22.8 Å². The third-order valence-electron chi connectivity index (χ3n) is 5.08. The second-order valence-corrected chi connectivity index (χ2v) is 6.62. The maximum absolute atomic E-state index is 5.53. The van der Waals surface area contributed by atoms with Crippen LogP contribution in [0, 0.1) is 0 Å². The molecule has 4 heterocycles. The van der Waals surface area contributed by atoms with E-state index in [4.69, 9.17) is 9.47 Å². The van der Waals surface area contributed by atoms with Gasteiger partial charge in [-0.3, -0.25) is 9.97 Å². The summed E-state index contributed by atoms with van der Waals surface area (Å²) in [6, 6.07) is 14.3. The summed E-state index contributed by atoms with van der Waals surface area (Å²) in [5.41, 5.74) is 4.41. The lowest BCUT2D eigenvalue weighted by atomic mass is 10.1. The van der Waals surface area contributed by atoms with E-state index in [1.165, 1.54) is 5.69 Å². The molecule has 0 bridgehead atoms. The van der Waals surface area contributed by atoms with E-state index in [2.05, 4.69) is 38.0 Å². The minimum absolute atomic E-state index is 0.283. The van der Waals surface area contributed by atoms with Crippen molar-refractivity contribution in [1.82, 2.24) is 9.97 Å². The predicted molar refractivity (Wildman–Crippen MR) is 104 cm³/mol. The molecule has 0 aliphatic carbocycles. The fourth-order valence-electron chi connectivity index (χ4n) is 3.68. The zero-order chi connectivity index (χ0) is 18.1. The van der Waals surface area contributed by atoms with E-state index in [1.807, 2.05) is 42.9 Å². The maximum Gasteiger partial charge on any atom is 0.231 e. The number of anilines is 2. The monoisotopic (exact) mass is 360 g/mol. The molecule has 5 rings (SSSR count). The molecule has 1 saturated heterocycles. The van der Waals surface area contributed by atoms with Crippen LogP contribution in [0.1, 0.15) is 0 Å². The quantitative estimate of drug-likeness (QED) is 0.715. The van der Waals surface area contributed by atoms with Gasteiger partial charge in [0.2, 0.25) is 6.79 Å². The standard InChI is InChI=1S/C21H20N4O2/c1-2-18(25-12-10-24(11-13-25)17-5-8-22-9-6-17)21(23-7-1)16-3-4-19-20(14-16)27-15-26-19/h1-9,14H,10-13,15H2. The molecular weight excluding hydrogens is 340 g/mol. The van der Waals surface area contributed by atoms with Crippen LogP contribution in [0.15, 0.2) is 61.1 Å². The van der Waals surface area contributed by atoms with Crippen molar-refractivity contribution in [2.75, 3.05) is 42.8 Å². The van der Waals surface area contributed by atoms with Crippen molar-refractivity contribution in [3.05, 3.63) is 61.1 Å². The molecule has 3 aromatic rings. The van der Waals surface area contributed by atoms with Crippen LogP contribution in [0.3, 0.4) is 0 Å². The Morgan fingerprint density at radius 2 is 1.56 bits per heavy atom. The number of ether oxygens (including phenoxy) is 2. The van der Waals surface area contributed by atoms with Gasteiger partial charge in [-0.1, -0.05) is 0 Å². The van der Waals surface area contributed by atoms with Crippen LogP contribution in [-0.2, 0) is 0 Å². The van der Waals surface area contributed by atoms with Gasteiger partial charge in [0.1, 0.15) is 0 Å². The molecule has 27 heavy (non-hydrogen) atoms. The number of fused-ring (bicyclic) bond motifs is 1. The first-order valence-electron chi connectivity index (χ1n) is 9.13. The second-order valence-electron chi connectivity index (χ2n) is 6.62. The fraction of sp³-hybridized carbons (Fsp3) is 0.238. The number of rotatable bonds is 3. The van der Waals surface area contributed by atoms with Crippen LogP contribution < -0.4 is 19.3 Å². The molecule has 0 N–H and O–H groups in total. The normalized spacial score (nSPS) is 15.9. The topological polar surface area (TPSA) is 50.7 Å². The highest BCUT2D eigenvalue weighted by molar-refractivity contribution is 5.77. The zero-order valence-corrected chi connectivity index (χ0v) is 14.9. The lowest BCUT2D eigenvalue weighted by molar-refractivity contribution is 0.174. The Bertz CT molecular complexity index is 940. The highest BCUT2D eigenvalue weighted by Gasteiger charge is 2.22. The Labute approximate surface area is 158 Å². The van der Waals surface area contributed by atoms with E-state index in [0.29, 0.717) is 0 Å². The van der Waals surface area contributed by atoms with E-state index in [-0.39, 0.29) is 6.79 Å². The van der Waals surface area contributed by atoms with Crippen LogP contribution in [0.5, 0.6) is 11.5 Å². The van der Waals surface area contributed by atoms with Crippen molar-refractivity contribution in [1.29, 1.82) is 0 Å². The first kappa shape index (κ1) is 15.9. The molecular formula is C21H20N4O2. The van der Waals surface area contributed by atoms with Gasteiger partial charge in [-0.25, -0.2) is 0 Å². The van der Waals surface area contributed by atoms with E-state index in [1.54, 1.807) is 0 Å². The number of hydrogen-bond donors (Lipinski definition) is 0. The lowest BCUT2D eigenvalue weighted by Crippen LogP contribution is -2.46. The largest absolute Gasteiger partial charge is 0.454 e. The van der Waals surface area contributed by atoms with Gasteiger partial charge in [0.15, 0.2) is 11.5 Å². The maximum atomic E-state index is 5.53. The predicted octanol–water partition coefficient (Wildman–Crippen LogP) is 3.20. The summed E-state index contributed by atoms with van der Waals surface area (Å²) in [4.78, 5) is 13.6. The summed E-state index contributed by atoms with van der Waals surface area (Å²) in [5, 5.41) is 0. The summed E-state index contributed by atoms with van der Waals surface area (Å²) >= 11 is 0. The summed E-state index contributed by atoms with van der Waals surface area (Å²) in [6.45, 7) is 4.13. The SMILES string of the molecule is c1cnc(-c2ccc3c(c2)OCO3)c(N2CCN(c3ccncc3)CC2)c1. The lowest BCUT2D eigenvalue weighted by Gasteiger charge is -2.37. The summed E-state index contributed by atoms with van der Waals surface area (Å²) in [7, 11) is 0. The molecule has 2 aromatic heterocycles. The molecule has 6 nitrogen and oxygen atoms in total. The van der Waals surface area contributed by atoms with Crippen molar-refractivity contribution in [2.24, 2.45) is 0 Å². The van der Waals surface area contributed by atoms with Crippen molar-refractivity contribution < 1.29 is 9.47 Å². The van der Waals surface area contributed by atoms with Crippen molar-refractivity contribution in [2.45, 2.75) is 0 Å². The molecule has 2 aliphatic rings. The van der Waals surface area contributed by atoms with Crippen LogP contribution in [0.2, 0.25) is 0 Å². The Morgan fingerprint density at radius 1 is 0.778 bits per heavy atom. The highest BCUT2D eigenvalue weighted by Crippen LogP contribution is 2.38. The van der Waals surface area contributed by atoms with Gasteiger partial charge in [0, 0.05) is 56.0 Å². The average molecular weight is 360 g/mol. The molecule has 0 amide bonds. The van der Waals surface area contributed by atoms with Gasteiger partial charge in [0.05, 0.1) is 11.4 Å². The van der Waals surface area contributed by atoms with E-state index < -0.39 is 0 Å². The molecule has 0 saturated carbocycles. The highest BCUT2D eigenvalue weighted by atomic mass is 16.7. The third kappa shape index (κ3) is 3.03. The summed E-state index contributed by atoms with van der Waals surface area (Å²) < 4.78 is 11.0. The Hall–Kier alpha value is -3.28. The molecule has 1 fully saturated rings. The van der Waals surface area contributed by atoms with Crippen molar-refractivity contribution >= 4 is 11.4 Å². The minimum atomic E-state index is 0.283. The second kappa shape index (κ2) is 6.79. The van der Waals surface area contributed by atoms with Gasteiger partial charge in [-0.15, -0.1) is 0 Å². The van der Waals surface area contributed by atoms with E-state index in [9.17, 15) is 0 Å². The molecule has 6 heteroatoms. The average Bonchev–Trinajstić information content (AvgIpc) is 3.22. The molecule has 136 valence electrons. The Balaban J connectivity index is 1.39. The number of piperazine rings is 1. The van der Waals surface area contributed by atoms with Crippen LogP contribution in [0.25, 0.3) is 11.3 Å². The summed E-state index contributed by atoms with van der Waals surface area (Å²) in [6.07, 6.45) is 5.54. The number of benzene rings is 1. The molecule has 0 unspecified atom stereocenters. The fourth-order valence-corrected chi connectivity index (χ4v) is 3.68. The number of nitrogens with zero attached hydrogens (tertiary/aromatic N) is 4. The Morgan fingerprint density at radius 3 is 2.41 bits per heavy atom. The van der Waals surface area contributed by atoms with Gasteiger partial charge >= 0.3 is 0 Å². The summed E-state index contributed by atoms with van der Waals surface area (Å²) in [5.74, 6) is 1.58. The minimum Gasteiger partial charge on any atom is -0.454 e. The molecule has 0 atom stereocenters. The number of hydrogen-bond acceptors (Lipinski definition) is 6. The van der Waals surface area contributed by atoms with E-state index >= 15 is 0 Å². The Kier molecular flexibility index (Phi) is 4.01. The van der Waals surface area contributed by atoms with Crippen LogP contribution >= 0.6 is 0 Å². The molecule has 1 aromatic carbocycles. The number of aromatic nitrogens is 2.